The molecule has 8 heteroatoms. The van der Waals surface area contributed by atoms with Gasteiger partial charge in [-0.15, -0.1) is 11.3 Å². The average molecular weight is 495 g/mol. The molecule has 3 heterocycles. The summed E-state index contributed by atoms with van der Waals surface area (Å²) in [6, 6.07) is 6.96. The molecule has 0 radical (unpaired) electrons. The Balaban J connectivity index is 1.23. The lowest BCUT2D eigenvalue weighted by molar-refractivity contribution is -0.122. The molecule has 186 valence electrons. The largest absolute Gasteiger partial charge is 0.302 e. The van der Waals surface area contributed by atoms with Crippen LogP contribution >= 0.6 is 11.3 Å². The van der Waals surface area contributed by atoms with Gasteiger partial charge >= 0.3 is 0 Å². The molecule has 1 aromatic heterocycles. The standard InChI is InChI=1S/C27H34N4O3S/c1-17-11-13-30(14-12-17)16-23-18(2)28-27(35-23)29-24(32)20-8-4-3-7-19(20)15-31-25(33)21-9-5-6-10-22(21)26(31)34/h5-6,9-10,17,19-20H,3-4,7-8,11-16H2,1-2H3,(H,28,29,32). The number of aromatic nitrogens is 1. The van der Waals surface area contributed by atoms with Crippen molar-refractivity contribution >= 4 is 34.2 Å². The monoisotopic (exact) mass is 494 g/mol. The quantitative estimate of drug-likeness (QED) is 0.588. The van der Waals surface area contributed by atoms with E-state index in [1.54, 1.807) is 35.6 Å². The predicted octanol–water partition coefficient (Wildman–Crippen LogP) is 4.72. The topological polar surface area (TPSA) is 82.6 Å². The smallest absolute Gasteiger partial charge is 0.261 e. The van der Waals surface area contributed by atoms with Crippen molar-refractivity contribution in [3.63, 3.8) is 0 Å². The first-order valence-electron chi connectivity index (χ1n) is 12.9. The summed E-state index contributed by atoms with van der Waals surface area (Å²) in [5.74, 6) is -0.0118. The molecular formula is C27H34N4O3S. The number of aryl methyl sites for hydroxylation is 1. The number of fused-ring (bicyclic) bond motifs is 1. The maximum Gasteiger partial charge on any atom is 0.261 e. The number of likely N-dealkylation sites (tertiary alicyclic amines) is 1. The number of carbonyl (C=O) groups is 3. The second-order valence-corrected chi connectivity index (χ2v) is 11.5. The maximum absolute atomic E-state index is 13.3. The van der Waals surface area contributed by atoms with Gasteiger partial charge in [-0.1, -0.05) is 31.9 Å². The Labute approximate surface area is 210 Å². The maximum atomic E-state index is 13.3. The van der Waals surface area contributed by atoms with Gasteiger partial charge in [-0.3, -0.25) is 24.2 Å². The molecule has 1 saturated carbocycles. The number of hydrogen-bond acceptors (Lipinski definition) is 6. The first-order valence-corrected chi connectivity index (χ1v) is 13.7. The minimum atomic E-state index is -0.248. The lowest BCUT2D eigenvalue weighted by Gasteiger charge is -2.32. The molecule has 1 N–H and O–H groups in total. The van der Waals surface area contributed by atoms with E-state index in [9.17, 15) is 14.4 Å². The molecule has 1 aliphatic carbocycles. The molecule has 3 aliphatic rings. The number of imide groups is 1. The fourth-order valence-electron chi connectivity index (χ4n) is 5.66. The number of rotatable bonds is 6. The van der Waals surface area contributed by atoms with E-state index >= 15 is 0 Å². The van der Waals surface area contributed by atoms with Crippen molar-refractivity contribution in [2.75, 3.05) is 25.0 Å². The molecule has 2 unspecified atom stereocenters. The number of amides is 3. The second kappa shape index (κ2) is 10.2. The number of anilines is 1. The molecule has 35 heavy (non-hydrogen) atoms. The third kappa shape index (κ3) is 5.05. The van der Waals surface area contributed by atoms with Crippen LogP contribution in [0.15, 0.2) is 24.3 Å². The summed E-state index contributed by atoms with van der Waals surface area (Å²) in [5.41, 5.74) is 1.90. The molecule has 2 aliphatic heterocycles. The Bertz CT molecular complexity index is 1090. The highest BCUT2D eigenvalue weighted by Gasteiger charge is 2.40. The highest BCUT2D eigenvalue weighted by atomic mass is 32.1. The molecular weight excluding hydrogens is 460 g/mol. The van der Waals surface area contributed by atoms with Crippen molar-refractivity contribution < 1.29 is 14.4 Å². The third-order valence-corrected chi connectivity index (χ3v) is 8.96. The van der Waals surface area contributed by atoms with Crippen LogP contribution in [0.2, 0.25) is 0 Å². The van der Waals surface area contributed by atoms with Crippen molar-refractivity contribution in [2.45, 2.75) is 58.9 Å². The summed E-state index contributed by atoms with van der Waals surface area (Å²) in [6.45, 7) is 7.73. The van der Waals surface area contributed by atoms with Crippen molar-refractivity contribution in [1.29, 1.82) is 0 Å². The van der Waals surface area contributed by atoms with Crippen LogP contribution in [0.3, 0.4) is 0 Å². The summed E-state index contributed by atoms with van der Waals surface area (Å²) in [6.07, 6.45) is 6.05. The fourth-order valence-corrected chi connectivity index (χ4v) is 6.67. The van der Waals surface area contributed by atoms with Crippen molar-refractivity contribution in [3.05, 3.63) is 46.0 Å². The SMILES string of the molecule is Cc1nc(NC(=O)C2CCCCC2CN2C(=O)c3ccccc3C2=O)sc1CN1CCC(C)CC1. The van der Waals surface area contributed by atoms with Crippen LogP contribution in [-0.2, 0) is 11.3 Å². The van der Waals surface area contributed by atoms with E-state index in [0.717, 1.165) is 56.9 Å². The van der Waals surface area contributed by atoms with Crippen LogP contribution in [0.1, 0.15) is 76.7 Å². The highest BCUT2D eigenvalue weighted by molar-refractivity contribution is 7.15. The first kappa shape index (κ1) is 24.1. The van der Waals surface area contributed by atoms with Gasteiger partial charge in [0.1, 0.15) is 0 Å². The highest BCUT2D eigenvalue weighted by Crippen LogP contribution is 2.35. The lowest BCUT2D eigenvalue weighted by atomic mass is 9.78. The zero-order valence-electron chi connectivity index (χ0n) is 20.6. The van der Waals surface area contributed by atoms with Gasteiger partial charge in [0.2, 0.25) is 5.91 Å². The number of benzene rings is 1. The first-order chi connectivity index (χ1) is 16.9. The number of thiazole rings is 1. The number of nitrogens with one attached hydrogen (secondary N) is 1. The molecule has 2 atom stereocenters. The fraction of sp³-hybridized carbons (Fsp3) is 0.556. The van der Waals surface area contributed by atoms with E-state index in [1.165, 1.54) is 22.6 Å². The van der Waals surface area contributed by atoms with Gasteiger partial charge in [-0.2, -0.15) is 0 Å². The molecule has 3 amide bonds. The molecule has 0 bridgehead atoms. The zero-order valence-corrected chi connectivity index (χ0v) is 21.4. The van der Waals surface area contributed by atoms with E-state index < -0.39 is 0 Å². The third-order valence-electron chi connectivity index (χ3n) is 7.91. The number of carbonyl (C=O) groups excluding carboxylic acids is 3. The van der Waals surface area contributed by atoms with E-state index in [0.29, 0.717) is 22.8 Å². The minimum absolute atomic E-state index is 0.0400. The van der Waals surface area contributed by atoms with Crippen LogP contribution < -0.4 is 5.32 Å². The lowest BCUT2D eigenvalue weighted by Crippen LogP contribution is -2.41. The second-order valence-electron chi connectivity index (χ2n) is 10.4. The predicted molar refractivity (Wildman–Crippen MR) is 136 cm³/mol. The van der Waals surface area contributed by atoms with Crippen LogP contribution in [0, 0.1) is 24.7 Å². The van der Waals surface area contributed by atoms with E-state index in [-0.39, 0.29) is 29.6 Å². The number of nitrogens with zero attached hydrogens (tertiary/aromatic N) is 3. The summed E-state index contributed by atoms with van der Waals surface area (Å²) in [7, 11) is 0. The van der Waals surface area contributed by atoms with Gasteiger partial charge < -0.3 is 5.32 Å². The zero-order chi connectivity index (χ0) is 24.5. The molecule has 0 spiro atoms. The summed E-state index contributed by atoms with van der Waals surface area (Å²) in [5, 5.41) is 3.72. The normalized spacial score (nSPS) is 23.5. The molecule has 2 fully saturated rings. The van der Waals surface area contributed by atoms with Gasteiger partial charge in [0.05, 0.1) is 16.8 Å². The Morgan fingerprint density at radius 3 is 2.40 bits per heavy atom. The average Bonchev–Trinajstić information content (AvgIpc) is 3.32. The van der Waals surface area contributed by atoms with Gasteiger partial charge in [0.25, 0.3) is 11.8 Å². The number of piperidine rings is 1. The molecule has 1 aromatic carbocycles. The Kier molecular flexibility index (Phi) is 7.02. The summed E-state index contributed by atoms with van der Waals surface area (Å²) >= 11 is 1.57. The Morgan fingerprint density at radius 1 is 1.06 bits per heavy atom. The Morgan fingerprint density at radius 2 is 1.71 bits per heavy atom. The van der Waals surface area contributed by atoms with Gasteiger partial charge in [-0.25, -0.2) is 4.98 Å². The molecule has 1 saturated heterocycles. The van der Waals surface area contributed by atoms with E-state index in [1.807, 2.05) is 6.92 Å². The number of hydrogen-bond donors (Lipinski definition) is 1. The summed E-state index contributed by atoms with van der Waals surface area (Å²) < 4.78 is 0. The summed E-state index contributed by atoms with van der Waals surface area (Å²) in [4.78, 5) is 48.7. The van der Waals surface area contributed by atoms with Gasteiger partial charge in [0.15, 0.2) is 5.13 Å². The van der Waals surface area contributed by atoms with Gasteiger partial charge in [0, 0.05) is 23.9 Å². The molecule has 2 aromatic rings. The van der Waals surface area contributed by atoms with Crippen molar-refractivity contribution in [1.82, 2.24) is 14.8 Å². The van der Waals surface area contributed by atoms with Crippen LogP contribution in [0.5, 0.6) is 0 Å². The van der Waals surface area contributed by atoms with Crippen LogP contribution in [0.4, 0.5) is 5.13 Å². The van der Waals surface area contributed by atoms with Crippen LogP contribution in [0.25, 0.3) is 0 Å². The molecule has 5 rings (SSSR count). The molecule has 7 nitrogen and oxygen atoms in total. The van der Waals surface area contributed by atoms with E-state index in [4.69, 9.17) is 0 Å². The van der Waals surface area contributed by atoms with Gasteiger partial charge in [-0.05, 0) is 69.7 Å². The Hall–Kier alpha value is -2.58. The van der Waals surface area contributed by atoms with Crippen molar-refractivity contribution in [3.8, 4) is 0 Å². The van der Waals surface area contributed by atoms with Crippen LogP contribution in [-0.4, -0.2) is 52.1 Å². The minimum Gasteiger partial charge on any atom is -0.302 e. The van der Waals surface area contributed by atoms with E-state index in [2.05, 4.69) is 22.1 Å². The van der Waals surface area contributed by atoms with Crippen molar-refractivity contribution in [2.24, 2.45) is 17.8 Å².